The quantitative estimate of drug-likeness (QED) is 0.922. The van der Waals surface area contributed by atoms with Crippen LogP contribution in [0.3, 0.4) is 0 Å². The second-order valence-corrected chi connectivity index (χ2v) is 5.68. The Morgan fingerprint density at radius 3 is 2.70 bits per heavy atom. The lowest BCUT2D eigenvalue weighted by Gasteiger charge is -2.22. The van der Waals surface area contributed by atoms with Gasteiger partial charge in [0.15, 0.2) is 0 Å². The third-order valence-corrected chi connectivity index (χ3v) is 4.25. The molecule has 1 unspecified atom stereocenters. The lowest BCUT2D eigenvalue weighted by atomic mass is 9.99. The van der Waals surface area contributed by atoms with E-state index in [1.165, 1.54) is 28.8 Å². The van der Waals surface area contributed by atoms with E-state index >= 15 is 0 Å². The van der Waals surface area contributed by atoms with Crippen molar-refractivity contribution in [1.82, 2.24) is 0 Å². The molecule has 1 fully saturated rings. The topological polar surface area (TPSA) is 29.3 Å². The number of anilines is 1. The zero-order chi connectivity index (χ0) is 13.9. The van der Waals surface area contributed by atoms with Gasteiger partial charge in [-0.25, -0.2) is 0 Å². The molecule has 1 saturated heterocycles. The molecule has 1 aliphatic rings. The number of benzene rings is 2. The predicted octanol–water partition coefficient (Wildman–Crippen LogP) is 3.45. The Morgan fingerprint density at radius 1 is 1.15 bits per heavy atom. The van der Waals surface area contributed by atoms with Gasteiger partial charge >= 0.3 is 0 Å². The Balaban J connectivity index is 1.81. The molecule has 104 valence electrons. The smallest absolute Gasteiger partial charge is 0.0412 e. The molecule has 0 bridgehead atoms. The summed E-state index contributed by atoms with van der Waals surface area (Å²) in [5, 5.41) is 0. The summed E-state index contributed by atoms with van der Waals surface area (Å²) < 4.78 is 0. The van der Waals surface area contributed by atoms with Crippen molar-refractivity contribution in [3.05, 3.63) is 65.2 Å². The highest BCUT2D eigenvalue weighted by Gasteiger charge is 2.24. The minimum atomic E-state index is 0.615. The summed E-state index contributed by atoms with van der Waals surface area (Å²) >= 11 is 0. The molecule has 2 N–H and O–H groups in total. The predicted molar refractivity (Wildman–Crippen MR) is 85.1 cm³/mol. The van der Waals surface area contributed by atoms with Gasteiger partial charge in [0.2, 0.25) is 0 Å². The number of rotatable bonds is 3. The standard InChI is InChI=1S/C18H22N2/c1-14-7-8-18(17(11-14)12-19)20-10-9-16(13-20)15-5-3-2-4-6-15/h2-8,11,16H,9-10,12-13,19H2,1H3. The zero-order valence-electron chi connectivity index (χ0n) is 12.0. The minimum Gasteiger partial charge on any atom is -0.371 e. The molecule has 20 heavy (non-hydrogen) atoms. The van der Waals surface area contributed by atoms with E-state index < -0.39 is 0 Å². The maximum Gasteiger partial charge on any atom is 0.0412 e. The van der Waals surface area contributed by atoms with Crippen LogP contribution in [-0.2, 0) is 6.54 Å². The fraction of sp³-hybridized carbons (Fsp3) is 0.333. The number of aryl methyl sites for hydroxylation is 1. The van der Waals surface area contributed by atoms with Gasteiger partial charge in [-0.3, -0.25) is 0 Å². The Bertz CT molecular complexity index is 577. The van der Waals surface area contributed by atoms with Crippen LogP contribution in [0.25, 0.3) is 0 Å². The van der Waals surface area contributed by atoms with Gasteiger partial charge in [0, 0.05) is 31.2 Å². The normalized spacial score (nSPS) is 18.5. The van der Waals surface area contributed by atoms with Crippen LogP contribution in [0.1, 0.15) is 29.0 Å². The molecule has 2 aromatic carbocycles. The molecule has 3 rings (SSSR count). The van der Waals surface area contributed by atoms with Gasteiger partial charge in [-0.2, -0.15) is 0 Å². The monoisotopic (exact) mass is 266 g/mol. The van der Waals surface area contributed by atoms with E-state index in [0.717, 1.165) is 13.1 Å². The van der Waals surface area contributed by atoms with Gasteiger partial charge < -0.3 is 10.6 Å². The second-order valence-electron chi connectivity index (χ2n) is 5.68. The molecule has 0 aliphatic carbocycles. The van der Waals surface area contributed by atoms with Crippen LogP contribution in [0.15, 0.2) is 48.5 Å². The van der Waals surface area contributed by atoms with Crippen LogP contribution >= 0.6 is 0 Å². The van der Waals surface area contributed by atoms with E-state index in [2.05, 4.69) is 60.4 Å². The molecule has 1 aliphatic heterocycles. The number of hydrogen-bond donors (Lipinski definition) is 1. The molecule has 0 radical (unpaired) electrons. The summed E-state index contributed by atoms with van der Waals surface area (Å²) in [5.74, 6) is 0.642. The summed E-state index contributed by atoms with van der Waals surface area (Å²) in [6.45, 7) is 4.96. The SMILES string of the molecule is Cc1ccc(N2CCC(c3ccccc3)C2)c(CN)c1. The van der Waals surface area contributed by atoms with Gasteiger partial charge in [0.25, 0.3) is 0 Å². The zero-order valence-corrected chi connectivity index (χ0v) is 12.0. The highest BCUT2D eigenvalue weighted by atomic mass is 15.2. The first kappa shape index (κ1) is 13.2. The van der Waals surface area contributed by atoms with E-state index in [1.54, 1.807) is 0 Å². The molecule has 2 heteroatoms. The maximum atomic E-state index is 5.91. The van der Waals surface area contributed by atoms with E-state index in [-0.39, 0.29) is 0 Å². The third-order valence-electron chi connectivity index (χ3n) is 4.25. The van der Waals surface area contributed by atoms with Crippen LogP contribution in [0, 0.1) is 6.92 Å². The lowest BCUT2D eigenvalue weighted by Crippen LogP contribution is -2.21. The minimum absolute atomic E-state index is 0.615. The van der Waals surface area contributed by atoms with Crippen LogP contribution in [0.2, 0.25) is 0 Å². The molecule has 2 nitrogen and oxygen atoms in total. The average Bonchev–Trinajstić information content (AvgIpc) is 2.97. The van der Waals surface area contributed by atoms with Crippen molar-refractivity contribution >= 4 is 5.69 Å². The Kier molecular flexibility index (Phi) is 3.75. The summed E-state index contributed by atoms with van der Waals surface area (Å²) in [4.78, 5) is 2.49. The number of nitrogens with zero attached hydrogens (tertiary/aromatic N) is 1. The van der Waals surface area contributed by atoms with E-state index in [4.69, 9.17) is 5.73 Å². The van der Waals surface area contributed by atoms with Crippen molar-refractivity contribution in [3.8, 4) is 0 Å². The molecule has 0 spiro atoms. The summed E-state index contributed by atoms with van der Waals surface area (Å²) in [6, 6.07) is 17.5. The first-order valence-electron chi connectivity index (χ1n) is 7.37. The van der Waals surface area contributed by atoms with Gasteiger partial charge in [-0.1, -0.05) is 48.0 Å². The molecule has 1 heterocycles. The first-order valence-corrected chi connectivity index (χ1v) is 7.37. The van der Waals surface area contributed by atoms with Crippen LogP contribution < -0.4 is 10.6 Å². The molecule has 0 aromatic heterocycles. The van der Waals surface area contributed by atoms with E-state index in [0.29, 0.717) is 12.5 Å². The lowest BCUT2D eigenvalue weighted by molar-refractivity contribution is 0.775. The van der Waals surface area contributed by atoms with Crippen molar-refractivity contribution in [1.29, 1.82) is 0 Å². The summed E-state index contributed by atoms with van der Waals surface area (Å²) in [5.41, 5.74) is 11.2. The molecule has 0 amide bonds. The van der Waals surface area contributed by atoms with Crippen molar-refractivity contribution in [3.63, 3.8) is 0 Å². The molecular weight excluding hydrogens is 244 g/mol. The molecular formula is C18H22N2. The Hall–Kier alpha value is -1.80. The van der Waals surface area contributed by atoms with Crippen LogP contribution in [0.5, 0.6) is 0 Å². The van der Waals surface area contributed by atoms with Crippen LogP contribution in [-0.4, -0.2) is 13.1 Å². The highest BCUT2D eigenvalue weighted by Crippen LogP contribution is 2.32. The van der Waals surface area contributed by atoms with Gasteiger partial charge in [0.1, 0.15) is 0 Å². The molecule has 2 aromatic rings. The van der Waals surface area contributed by atoms with Gasteiger partial charge in [-0.15, -0.1) is 0 Å². The van der Waals surface area contributed by atoms with Crippen LogP contribution in [0.4, 0.5) is 5.69 Å². The average molecular weight is 266 g/mol. The van der Waals surface area contributed by atoms with E-state index in [1.807, 2.05) is 0 Å². The van der Waals surface area contributed by atoms with Gasteiger partial charge in [0.05, 0.1) is 0 Å². The molecule has 1 atom stereocenters. The maximum absolute atomic E-state index is 5.91. The van der Waals surface area contributed by atoms with Gasteiger partial charge in [-0.05, 0) is 30.5 Å². The highest BCUT2D eigenvalue weighted by molar-refractivity contribution is 5.56. The summed E-state index contributed by atoms with van der Waals surface area (Å²) in [7, 11) is 0. The van der Waals surface area contributed by atoms with Crippen molar-refractivity contribution in [2.24, 2.45) is 5.73 Å². The number of nitrogens with two attached hydrogens (primary N) is 1. The Morgan fingerprint density at radius 2 is 1.95 bits per heavy atom. The fourth-order valence-corrected chi connectivity index (χ4v) is 3.16. The first-order chi connectivity index (χ1) is 9.78. The van der Waals surface area contributed by atoms with E-state index in [9.17, 15) is 0 Å². The largest absolute Gasteiger partial charge is 0.371 e. The number of hydrogen-bond acceptors (Lipinski definition) is 2. The molecule has 0 saturated carbocycles. The second kappa shape index (κ2) is 5.68. The van der Waals surface area contributed by atoms with Crippen molar-refractivity contribution < 1.29 is 0 Å². The van der Waals surface area contributed by atoms with Crippen molar-refractivity contribution in [2.45, 2.75) is 25.8 Å². The Labute approximate surface area is 121 Å². The fourth-order valence-electron chi connectivity index (χ4n) is 3.16. The summed E-state index contributed by atoms with van der Waals surface area (Å²) in [6.07, 6.45) is 1.22. The third kappa shape index (κ3) is 2.56. The van der Waals surface area contributed by atoms with Crippen molar-refractivity contribution in [2.75, 3.05) is 18.0 Å².